The molecule has 18 heavy (non-hydrogen) atoms. The van der Waals surface area contributed by atoms with Crippen molar-refractivity contribution in [2.45, 2.75) is 26.5 Å². The molecule has 5 heteroatoms. The van der Waals surface area contributed by atoms with E-state index in [1.54, 1.807) is 7.11 Å². The second-order valence-corrected chi connectivity index (χ2v) is 4.01. The summed E-state index contributed by atoms with van der Waals surface area (Å²) in [5, 5.41) is 0. The monoisotopic (exact) mass is 257 g/mol. The molecule has 0 saturated heterocycles. The van der Waals surface area contributed by atoms with Crippen LogP contribution in [-0.4, -0.2) is 33.5 Å². The first-order chi connectivity index (χ1) is 8.77. The number of furan rings is 1. The zero-order valence-corrected chi connectivity index (χ0v) is 11.2. The van der Waals surface area contributed by atoms with Crippen LogP contribution in [0.3, 0.4) is 0 Å². The molecule has 2 N–H and O–H groups in total. The van der Waals surface area contributed by atoms with Crippen LogP contribution in [0.2, 0.25) is 0 Å². The van der Waals surface area contributed by atoms with Gasteiger partial charge in [-0.25, -0.2) is 0 Å². The van der Waals surface area contributed by atoms with Gasteiger partial charge in [0.2, 0.25) is 0 Å². The lowest BCUT2D eigenvalue weighted by Crippen LogP contribution is -2.05. The molecule has 0 atom stereocenters. The van der Waals surface area contributed by atoms with Crippen molar-refractivity contribution in [1.29, 1.82) is 0 Å². The minimum absolute atomic E-state index is 0.485. The van der Waals surface area contributed by atoms with E-state index < -0.39 is 0 Å². The van der Waals surface area contributed by atoms with Gasteiger partial charge in [0.05, 0.1) is 13.2 Å². The molecular formula is C13H23NO4. The number of rotatable bonds is 10. The molecule has 0 bridgehead atoms. The van der Waals surface area contributed by atoms with Crippen molar-refractivity contribution in [2.24, 2.45) is 5.73 Å². The van der Waals surface area contributed by atoms with Gasteiger partial charge in [0.15, 0.2) is 0 Å². The number of hydrogen-bond acceptors (Lipinski definition) is 5. The zero-order valence-electron chi connectivity index (χ0n) is 11.2. The predicted octanol–water partition coefficient (Wildman–Crippen LogP) is 1.62. The van der Waals surface area contributed by atoms with Crippen molar-refractivity contribution in [1.82, 2.24) is 0 Å². The Kier molecular flexibility index (Phi) is 7.68. The highest BCUT2D eigenvalue weighted by atomic mass is 16.5. The normalized spacial score (nSPS) is 11.1. The maximum atomic E-state index is 5.57. The van der Waals surface area contributed by atoms with Crippen LogP contribution in [0.1, 0.15) is 23.5 Å². The van der Waals surface area contributed by atoms with E-state index in [4.69, 9.17) is 24.4 Å². The van der Waals surface area contributed by atoms with Crippen molar-refractivity contribution in [3.63, 3.8) is 0 Å². The van der Waals surface area contributed by atoms with E-state index in [2.05, 4.69) is 0 Å². The molecule has 1 heterocycles. The highest BCUT2D eigenvalue weighted by Crippen LogP contribution is 2.14. The molecule has 0 saturated carbocycles. The van der Waals surface area contributed by atoms with Crippen LogP contribution in [0.15, 0.2) is 10.5 Å². The second kappa shape index (κ2) is 9.10. The summed E-state index contributed by atoms with van der Waals surface area (Å²) in [7, 11) is 1.66. The molecule has 1 aromatic rings. The summed E-state index contributed by atoms with van der Waals surface area (Å²) in [5.74, 6) is 1.70. The van der Waals surface area contributed by atoms with Gasteiger partial charge in [-0.1, -0.05) is 0 Å². The van der Waals surface area contributed by atoms with Crippen LogP contribution in [0.5, 0.6) is 0 Å². The Labute approximate surface area is 108 Å². The fraction of sp³-hybridized carbons (Fsp3) is 0.692. The summed E-state index contributed by atoms with van der Waals surface area (Å²) in [6, 6.07) is 1.95. The Balaban J connectivity index is 2.03. The first-order valence-corrected chi connectivity index (χ1v) is 6.20. The number of nitrogens with two attached hydrogens (primary N) is 1. The average molecular weight is 257 g/mol. The molecule has 0 aromatic carbocycles. The molecule has 1 aromatic heterocycles. The van der Waals surface area contributed by atoms with E-state index in [1.165, 1.54) is 0 Å². The lowest BCUT2D eigenvalue weighted by molar-refractivity contribution is 0.0452. The predicted molar refractivity (Wildman–Crippen MR) is 68.3 cm³/mol. The maximum Gasteiger partial charge on any atom is 0.130 e. The van der Waals surface area contributed by atoms with Gasteiger partial charge in [0.1, 0.15) is 18.1 Å². The minimum Gasteiger partial charge on any atom is -0.464 e. The molecule has 0 spiro atoms. The molecule has 0 unspecified atom stereocenters. The fourth-order valence-electron chi connectivity index (χ4n) is 1.54. The Hall–Kier alpha value is -0.880. The minimum atomic E-state index is 0.485. The summed E-state index contributed by atoms with van der Waals surface area (Å²) in [6.45, 7) is 5.51. The maximum absolute atomic E-state index is 5.57. The highest BCUT2D eigenvalue weighted by Gasteiger charge is 2.05. The van der Waals surface area contributed by atoms with Crippen molar-refractivity contribution < 1.29 is 18.6 Å². The van der Waals surface area contributed by atoms with Gasteiger partial charge in [-0.3, -0.25) is 0 Å². The van der Waals surface area contributed by atoms with Crippen LogP contribution in [0.4, 0.5) is 0 Å². The Morgan fingerprint density at radius 2 is 1.94 bits per heavy atom. The highest BCUT2D eigenvalue weighted by molar-refractivity contribution is 5.19. The van der Waals surface area contributed by atoms with Crippen LogP contribution >= 0.6 is 0 Å². The van der Waals surface area contributed by atoms with Crippen molar-refractivity contribution in [3.8, 4) is 0 Å². The molecule has 0 aliphatic heterocycles. The molecule has 0 radical (unpaired) electrons. The topological polar surface area (TPSA) is 66.8 Å². The van der Waals surface area contributed by atoms with Crippen LogP contribution in [0, 0.1) is 6.92 Å². The van der Waals surface area contributed by atoms with Gasteiger partial charge in [0, 0.05) is 32.4 Å². The lowest BCUT2D eigenvalue weighted by atomic mass is 10.2. The zero-order chi connectivity index (χ0) is 13.2. The molecular weight excluding hydrogens is 234 g/mol. The van der Waals surface area contributed by atoms with Crippen molar-refractivity contribution in [3.05, 3.63) is 23.2 Å². The quantitative estimate of drug-likeness (QED) is 0.645. The molecule has 5 nitrogen and oxygen atoms in total. The molecule has 0 aliphatic carbocycles. The Morgan fingerprint density at radius 1 is 1.17 bits per heavy atom. The molecule has 1 rings (SSSR count). The van der Waals surface area contributed by atoms with E-state index in [-0.39, 0.29) is 0 Å². The number of aryl methyl sites for hydroxylation is 1. The first kappa shape index (κ1) is 15.2. The molecule has 0 fully saturated rings. The van der Waals surface area contributed by atoms with E-state index in [1.807, 2.05) is 13.0 Å². The third kappa shape index (κ3) is 5.64. The summed E-state index contributed by atoms with van der Waals surface area (Å²) in [5.41, 5.74) is 6.61. The third-order valence-corrected chi connectivity index (χ3v) is 2.54. The first-order valence-electron chi connectivity index (χ1n) is 6.20. The Bertz CT molecular complexity index is 325. The number of hydrogen-bond donors (Lipinski definition) is 1. The van der Waals surface area contributed by atoms with Gasteiger partial charge in [-0.05, 0) is 19.4 Å². The fourth-order valence-corrected chi connectivity index (χ4v) is 1.54. The van der Waals surface area contributed by atoms with Crippen LogP contribution in [-0.2, 0) is 27.4 Å². The number of ether oxygens (including phenoxy) is 3. The molecule has 0 amide bonds. The van der Waals surface area contributed by atoms with Crippen LogP contribution < -0.4 is 5.73 Å². The Morgan fingerprint density at radius 3 is 2.61 bits per heavy atom. The number of methoxy groups -OCH3 is 1. The van der Waals surface area contributed by atoms with Gasteiger partial charge in [-0.15, -0.1) is 0 Å². The summed E-state index contributed by atoms with van der Waals surface area (Å²) in [4.78, 5) is 0. The largest absolute Gasteiger partial charge is 0.464 e. The molecule has 0 aliphatic rings. The average Bonchev–Trinajstić information content (AvgIpc) is 2.73. The van der Waals surface area contributed by atoms with E-state index >= 15 is 0 Å². The third-order valence-electron chi connectivity index (χ3n) is 2.54. The summed E-state index contributed by atoms with van der Waals surface area (Å²) >= 11 is 0. The van der Waals surface area contributed by atoms with Crippen molar-refractivity contribution >= 4 is 0 Å². The van der Waals surface area contributed by atoms with Gasteiger partial charge >= 0.3 is 0 Å². The van der Waals surface area contributed by atoms with E-state index in [0.717, 1.165) is 23.5 Å². The molecule has 104 valence electrons. The van der Waals surface area contributed by atoms with Crippen molar-refractivity contribution in [2.75, 3.05) is 33.5 Å². The van der Waals surface area contributed by atoms with E-state index in [0.29, 0.717) is 39.6 Å². The summed E-state index contributed by atoms with van der Waals surface area (Å²) < 4.78 is 21.2. The SMILES string of the molecule is COCCOCCCOCc1cc(CN)c(C)o1. The smallest absolute Gasteiger partial charge is 0.130 e. The lowest BCUT2D eigenvalue weighted by Gasteiger charge is -2.04. The van der Waals surface area contributed by atoms with Crippen LogP contribution in [0.25, 0.3) is 0 Å². The van der Waals surface area contributed by atoms with Gasteiger partial charge in [0.25, 0.3) is 0 Å². The van der Waals surface area contributed by atoms with Gasteiger partial charge < -0.3 is 24.4 Å². The second-order valence-electron chi connectivity index (χ2n) is 4.01. The van der Waals surface area contributed by atoms with Gasteiger partial charge in [-0.2, -0.15) is 0 Å². The summed E-state index contributed by atoms with van der Waals surface area (Å²) in [6.07, 6.45) is 0.868. The standard InChI is InChI=1S/C13H23NO4/c1-11-12(9-14)8-13(18-11)10-17-5-3-4-16-7-6-15-2/h8H,3-7,9-10,14H2,1-2H3. The van der Waals surface area contributed by atoms with E-state index in [9.17, 15) is 0 Å².